The molecular formula is C23H32N2O6. The number of nitrogens with zero attached hydrogens (tertiary/aromatic N) is 1. The van der Waals surface area contributed by atoms with Crippen molar-refractivity contribution in [3.63, 3.8) is 0 Å². The summed E-state index contributed by atoms with van der Waals surface area (Å²) in [5.41, 5.74) is 0.0593. The van der Waals surface area contributed by atoms with Gasteiger partial charge in [-0.25, -0.2) is 4.79 Å². The minimum atomic E-state index is -0.760. The first-order chi connectivity index (χ1) is 14.6. The van der Waals surface area contributed by atoms with Gasteiger partial charge in [-0.2, -0.15) is 0 Å². The van der Waals surface area contributed by atoms with Gasteiger partial charge in [-0.15, -0.1) is 0 Å². The molecule has 0 aliphatic rings. The van der Waals surface area contributed by atoms with E-state index in [9.17, 15) is 9.59 Å². The molecule has 8 heteroatoms. The highest BCUT2D eigenvalue weighted by atomic mass is 16.7. The number of likely N-dealkylation sites (N-methyl/N-ethyl adjacent to an activating group) is 1. The largest absolute Gasteiger partial charge is 0.468 e. The topological polar surface area (TPSA) is 86.3 Å². The van der Waals surface area contributed by atoms with E-state index in [-0.39, 0.29) is 12.7 Å². The highest BCUT2D eigenvalue weighted by Gasteiger charge is 2.24. The smallest absolute Gasteiger partial charge is 0.408 e. The monoisotopic (exact) mass is 432 g/mol. The van der Waals surface area contributed by atoms with Crippen molar-refractivity contribution in [2.24, 2.45) is 0 Å². The minimum Gasteiger partial charge on any atom is -0.468 e. The van der Waals surface area contributed by atoms with E-state index in [1.165, 1.54) is 4.90 Å². The van der Waals surface area contributed by atoms with Crippen LogP contribution < -0.4 is 15.0 Å². The van der Waals surface area contributed by atoms with E-state index in [4.69, 9.17) is 18.9 Å². The van der Waals surface area contributed by atoms with Crippen LogP contribution in [-0.4, -0.2) is 57.8 Å². The first-order valence-corrected chi connectivity index (χ1v) is 10.1. The van der Waals surface area contributed by atoms with Crippen LogP contribution in [-0.2, 0) is 19.0 Å². The van der Waals surface area contributed by atoms with Gasteiger partial charge in [0.1, 0.15) is 17.4 Å². The Kier molecular flexibility index (Phi) is 8.65. The minimum absolute atomic E-state index is 0.0998. The van der Waals surface area contributed by atoms with E-state index < -0.39 is 17.7 Å². The Bertz CT molecular complexity index is 893. The normalized spacial score (nSPS) is 12.3. The number of carbonyl (C=O) groups excluding carboxylic acids is 2. The van der Waals surface area contributed by atoms with Gasteiger partial charge in [0.2, 0.25) is 5.91 Å². The Labute approximate surface area is 183 Å². The van der Waals surface area contributed by atoms with Crippen LogP contribution in [0.25, 0.3) is 10.8 Å². The summed E-state index contributed by atoms with van der Waals surface area (Å²) in [6.07, 6.45) is -0.635. The summed E-state index contributed by atoms with van der Waals surface area (Å²) in [7, 11) is 3.28. The quantitative estimate of drug-likeness (QED) is 0.480. The third-order valence-corrected chi connectivity index (χ3v) is 4.37. The average Bonchev–Trinajstić information content (AvgIpc) is 2.70. The number of hydrogen-bond donors (Lipinski definition) is 1. The van der Waals surface area contributed by atoms with Gasteiger partial charge in [0.05, 0.1) is 18.9 Å². The van der Waals surface area contributed by atoms with Crippen LogP contribution >= 0.6 is 0 Å². The van der Waals surface area contributed by atoms with Crippen LogP contribution in [0.5, 0.6) is 5.75 Å². The van der Waals surface area contributed by atoms with Crippen molar-refractivity contribution in [1.82, 2.24) is 5.32 Å². The zero-order valence-corrected chi connectivity index (χ0v) is 19.1. The molecule has 0 radical (unpaired) electrons. The Hall–Kier alpha value is -2.84. The molecule has 0 spiro atoms. The SMILES string of the molecule is COCCOCOc1ccc2cccc(N(C)C(=O)C(C)NC(=O)OC(C)(C)C)c2c1. The molecule has 2 aromatic carbocycles. The van der Waals surface area contributed by atoms with Gasteiger partial charge in [0.25, 0.3) is 0 Å². The molecule has 1 atom stereocenters. The van der Waals surface area contributed by atoms with Crippen LogP contribution in [0.15, 0.2) is 36.4 Å². The molecule has 2 amide bonds. The molecule has 0 saturated carbocycles. The first-order valence-electron chi connectivity index (χ1n) is 10.1. The van der Waals surface area contributed by atoms with E-state index >= 15 is 0 Å². The number of ether oxygens (including phenoxy) is 4. The maximum absolute atomic E-state index is 12.9. The number of amides is 2. The number of fused-ring (bicyclic) bond motifs is 1. The number of alkyl carbamates (subject to hydrolysis) is 1. The van der Waals surface area contributed by atoms with Crippen LogP contribution in [0.3, 0.4) is 0 Å². The van der Waals surface area contributed by atoms with E-state index in [0.29, 0.717) is 24.7 Å². The Morgan fingerprint density at radius 2 is 1.87 bits per heavy atom. The number of nitrogens with one attached hydrogen (secondary N) is 1. The van der Waals surface area contributed by atoms with E-state index in [1.807, 2.05) is 36.4 Å². The van der Waals surface area contributed by atoms with Gasteiger partial charge >= 0.3 is 6.09 Å². The number of benzene rings is 2. The highest BCUT2D eigenvalue weighted by molar-refractivity contribution is 6.06. The summed E-state index contributed by atoms with van der Waals surface area (Å²) in [5, 5.41) is 4.39. The molecule has 31 heavy (non-hydrogen) atoms. The average molecular weight is 433 g/mol. The predicted octanol–water partition coefficient (Wildman–Crippen LogP) is 3.72. The van der Waals surface area contributed by atoms with Crippen molar-refractivity contribution in [2.75, 3.05) is 39.1 Å². The Morgan fingerprint density at radius 3 is 2.55 bits per heavy atom. The first kappa shape index (κ1) is 24.4. The van der Waals surface area contributed by atoms with E-state index in [2.05, 4.69) is 5.32 Å². The molecule has 2 rings (SSSR count). The molecule has 0 bridgehead atoms. The second kappa shape index (κ2) is 11.0. The number of anilines is 1. The standard InChI is InChI=1S/C23H32N2O6/c1-16(24-22(27)31-23(2,3)4)21(26)25(5)20-9-7-8-17-10-11-18(14-19(17)20)30-15-29-13-12-28-6/h7-11,14,16H,12-13,15H2,1-6H3,(H,24,27). The summed E-state index contributed by atoms with van der Waals surface area (Å²) in [6.45, 7) is 7.96. The van der Waals surface area contributed by atoms with Gasteiger partial charge in [-0.3, -0.25) is 4.79 Å². The lowest BCUT2D eigenvalue weighted by Crippen LogP contribution is -2.47. The van der Waals surface area contributed by atoms with Gasteiger partial charge in [0, 0.05) is 19.5 Å². The Balaban J connectivity index is 2.13. The summed E-state index contributed by atoms with van der Waals surface area (Å²) < 4.78 is 21.2. The lowest BCUT2D eigenvalue weighted by molar-refractivity contribution is -0.120. The highest BCUT2D eigenvalue weighted by Crippen LogP contribution is 2.30. The zero-order valence-electron chi connectivity index (χ0n) is 19.1. The van der Waals surface area contributed by atoms with Crippen molar-refractivity contribution in [3.05, 3.63) is 36.4 Å². The third kappa shape index (κ3) is 7.41. The lowest BCUT2D eigenvalue weighted by Gasteiger charge is -2.25. The maximum Gasteiger partial charge on any atom is 0.408 e. The fraction of sp³-hybridized carbons (Fsp3) is 0.478. The molecule has 1 N–H and O–H groups in total. The van der Waals surface area contributed by atoms with Gasteiger partial charge < -0.3 is 29.2 Å². The molecule has 8 nitrogen and oxygen atoms in total. The van der Waals surface area contributed by atoms with Crippen LogP contribution in [0.4, 0.5) is 10.5 Å². The van der Waals surface area contributed by atoms with Crippen molar-refractivity contribution in [2.45, 2.75) is 39.3 Å². The van der Waals surface area contributed by atoms with Gasteiger partial charge in [0.15, 0.2) is 6.79 Å². The Morgan fingerprint density at radius 1 is 1.13 bits per heavy atom. The zero-order chi connectivity index (χ0) is 23.0. The van der Waals surface area contributed by atoms with E-state index in [1.54, 1.807) is 41.9 Å². The van der Waals surface area contributed by atoms with Crippen molar-refractivity contribution in [1.29, 1.82) is 0 Å². The molecule has 170 valence electrons. The van der Waals surface area contributed by atoms with E-state index in [0.717, 1.165) is 10.8 Å². The number of rotatable bonds is 9. The molecule has 0 aliphatic heterocycles. The molecule has 0 aromatic heterocycles. The second-order valence-corrected chi connectivity index (χ2v) is 8.09. The molecular weight excluding hydrogens is 400 g/mol. The number of carbonyl (C=O) groups is 2. The predicted molar refractivity (Wildman–Crippen MR) is 120 cm³/mol. The maximum atomic E-state index is 12.9. The van der Waals surface area contributed by atoms with Crippen molar-refractivity contribution >= 4 is 28.5 Å². The number of hydrogen-bond acceptors (Lipinski definition) is 6. The number of methoxy groups -OCH3 is 1. The summed E-state index contributed by atoms with van der Waals surface area (Å²) in [5.74, 6) is 0.353. The lowest BCUT2D eigenvalue weighted by atomic mass is 10.1. The third-order valence-electron chi connectivity index (χ3n) is 4.37. The van der Waals surface area contributed by atoms with Crippen LogP contribution in [0.1, 0.15) is 27.7 Å². The molecule has 0 fully saturated rings. The van der Waals surface area contributed by atoms with Gasteiger partial charge in [-0.1, -0.05) is 18.2 Å². The fourth-order valence-corrected chi connectivity index (χ4v) is 2.88. The second-order valence-electron chi connectivity index (χ2n) is 8.09. The molecule has 0 heterocycles. The molecule has 0 saturated heterocycles. The molecule has 2 aromatic rings. The summed E-state index contributed by atoms with van der Waals surface area (Å²) in [4.78, 5) is 26.5. The van der Waals surface area contributed by atoms with Crippen molar-refractivity contribution < 1.29 is 28.5 Å². The summed E-state index contributed by atoms with van der Waals surface area (Å²) >= 11 is 0. The fourth-order valence-electron chi connectivity index (χ4n) is 2.88. The summed E-state index contributed by atoms with van der Waals surface area (Å²) in [6, 6.07) is 10.5. The van der Waals surface area contributed by atoms with Crippen LogP contribution in [0, 0.1) is 0 Å². The van der Waals surface area contributed by atoms with Crippen LogP contribution in [0.2, 0.25) is 0 Å². The van der Waals surface area contributed by atoms with Crippen molar-refractivity contribution in [3.8, 4) is 5.75 Å². The molecule has 0 aliphatic carbocycles. The van der Waals surface area contributed by atoms with Gasteiger partial charge in [-0.05, 0) is 51.3 Å². The molecule has 1 unspecified atom stereocenters.